The van der Waals surface area contributed by atoms with Crippen molar-refractivity contribution in [1.82, 2.24) is 14.7 Å². The second-order valence-electron chi connectivity index (χ2n) is 8.47. The third kappa shape index (κ3) is 4.38. The Morgan fingerprint density at radius 3 is 2.31 bits per heavy atom. The van der Waals surface area contributed by atoms with Crippen LogP contribution in [0.4, 0.5) is 11.4 Å². The van der Waals surface area contributed by atoms with E-state index in [4.69, 9.17) is 11.6 Å². The van der Waals surface area contributed by atoms with E-state index in [0.717, 1.165) is 48.7 Å². The minimum Gasteiger partial charge on any atom is -0.369 e. The van der Waals surface area contributed by atoms with Gasteiger partial charge in [0.25, 0.3) is 11.2 Å². The Hall–Kier alpha value is -3.75. The number of hydrogen-bond acceptors (Lipinski definition) is 6. The van der Waals surface area contributed by atoms with Crippen LogP contribution in [0, 0.1) is 10.1 Å². The summed E-state index contributed by atoms with van der Waals surface area (Å²) in [4.78, 5) is 29.6. The lowest BCUT2D eigenvalue weighted by Gasteiger charge is -2.35. The lowest BCUT2D eigenvalue weighted by Crippen LogP contribution is -2.46. The van der Waals surface area contributed by atoms with E-state index in [0.29, 0.717) is 21.5 Å². The molecule has 0 radical (unpaired) electrons. The summed E-state index contributed by atoms with van der Waals surface area (Å²) in [5, 5.41) is 18.3. The molecule has 178 valence electrons. The van der Waals surface area contributed by atoms with Crippen molar-refractivity contribution in [3.05, 3.63) is 92.2 Å². The molecule has 0 amide bonds. The molecule has 8 nitrogen and oxygen atoms in total. The third-order valence-corrected chi connectivity index (χ3v) is 6.74. The van der Waals surface area contributed by atoms with Gasteiger partial charge in [-0.2, -0.15) is 9.78 Å². The monoisotopic (exact) mass is 489 g/mol. The number of piperazine rings is 1. The molecule has 9 heteroatoms. The first-order valence-corrected chi connectivity index (χ1v) is 11.9. The van der Waals surface area contributed by atoms with Crippen molar-refractivity contribution >= 4 is 33.7 Å². The zero-order valence-electron chi connectivity index (χ0n) is 19.2. The van der Waals surface area contributed by atoms with Crippen LogP contribution in [0.1, 0.15) is 6.92 Å². The van der Waals surface area contributed by atoms with Gasteiger partial charge in [-0.05, 0) is 36.9 Å². The summed E-state index contributed by atoms with van der Waals surface area (Å²) in [6, 6.07) is 19.2. The van der Waals surface area contributed by atoms with Crippen LogP contribution >= 0.6 is 11.6 Å². The molecular formula is C26H24ClN5O3. The fourth-order valence-electron chi connectivity index (χ4n) is 4.53. The molecule has 1 aliphatic heterocycles. The van der Waals surface area contributed by atoms with Crippen LogP contribution in [0.5, 0.6) is 0 Å². The second-order valence-corrected chi connectivity index (χ2v) is 8.91. The molecule has 3 aromatic carbocycles. The minimum atomic E-state index is -0.473. The topological polar surface area (TPSA) is 84.5 Å². The number of fused-ring (bicyclic) bond motifs is 1. The van der Waals surface area contributed by atoms with Crippen LogP contribution < -0.4 is 10.5 Å². The van der Waals surface area contributed by atoms with Crippen molar-refractivity contribution in [2.75, 3.05) is 37.6 Å². The largest absolute Gasteiger partial charge is 0.369 e. The molecule has 0 saturated carbocycles. The van der Waals surface area contributed by atoms with Crippen molar-refractivity contribution in [2.45, 2.75) is 6.92 Å². The summed E-state index contributed by atoms with van der Waals surface area (Å²) in [6.07, 6.45) is 0. The van der Waals surface area contributed by atoms with Crippen molar-refractivity contribution in [3.63, 3.8) is 0 Å². The summed E-state index contributed by atoms with van der Waals surface area (Å²) in [7, 11) is 0. The Kier molecular flexibility index (Phi) is 6.23. The highest BCUT2D eigenvalue weighted by molar-refractivity contribution is 6.30. The maximum atomic E-state index is 13.5. The van der Waals surface area contributed by atoms with E-state index >= 15 is 0 Å². The lowest BCUT2D eigenvalue weighted by molar-refractivity contribution is -0.384. The predicted molar refractivity (Wildman–Crippen MR) is 139 cm³/mol. The third-order valence-electron chi connectivity index (χ3n) is 6.49. The van der Waals surface area contributed by atoms with E-state index in [9.17, 15) is 14.9 Å². The van der Waals surface area contributed by atoms with E-state index in [1.807, 2.05) is 24.3 Å². The molecule has 0 aliphatic carbocycles. The zero-order chi connectivity index (χ0) is 24.5. The maximum Gasteiger partial charge on any atom is 0.295 e. The lowest BCUT2D eigenvalue weighted by atomic mass is 10.0. The number of anilines is 1. The van der Waals surface area contributed by atoms with Crippen LogP contribution in [0.15, 0.2) is 71.5 Å². The maximum absolute atomic E-state index is 13.5. The number of nitrogens with zero attached hydrogens (tertiary/aromatic N) is 5. The fraction of sp³-hybridized carbons (Fsp3) is 0.231. The van der Waals surface area contributed by atoms with Gasteiger partial charge in [0.2, 0.25) is 0 Å². The van der Waals surface area contributed by atoms with Crippen LogP contribution in [0.2, 0.25) is 5.02 Å². The van der Waals surface area contributed by atoms with Gasteiger partial charge in [0, 0.05) is 53.9 Å². The molecule has 0 spiro atoms. The van der Waals surface area contributed by atoms with Crippen LogP contribution in [0.3, 0.4) is 0 Å². The van der Waals surface area contributed by atoms with Gasteiger partial charge in [-0.15, -0.1) is 0 Å². The van der Waals surface area contributed by atoms with Gasteiger partial charge >= 0.3 is 0 Å². The van der Waals surface area contributed by atoms with Gasteiger partial charge in [0.15, 0.2) is 0 Å². The summed E-state index contributed by atoms with van der Waals surface area (Å²) in [6.45, 7) is 6.57. The molecule has 1 fully saturated rings. The van der Waals surface area contributed by atoms with Crippen molar-refractivity contribution < 1.29 is 4.92 Å². The van der Waals surface area contributed by atoms with Gasteiger partial charge in [-0.25, -0.2) is 0 Å². The van der Waals surface area contributed by atoms with Gasteiger partial charge in [0.05, 0.1) is 16.0 Å². The predicted octanol–water partition coefficient (Wildman–Crippen LogP) is 4.76. The molecule has 1 saturated heterocycles. The first-order valence-electron chi connectivity index (χ1n) is 11.5. The first kappa shape index (κ1) is 23.0. The molecule has 1 aliphatic rings. The minimum absolute atomic E-state index is 0.149. The number of aromatic nitrogens is 2. The quantitative estimate of drug-likeness (QED) is 0.297. The molecule has 0 atom stereocenters. The summed E-state index contributed by atoms with van der Waals surface area (Å²) >= 11 is 6.08. The van der Waals surface area contributed by atoms with Crippen molar-refractivity contribution in [3.8, 4) is 16.9 Å². The average molecular weight is 490 g/mol. The standard InChI is InChI=1S/C26H24ClN5O3/c1-2-29-13-15-30(16-14-29)20-11-12-23(32(34)35)24(17-20)31-26(33)22-6-4-3-5-21(22)25(28-31)18-7-9-19(27)10-8-18/h3-12,17H,2,13-16H2,1H3. The summed E-state index contributed by atoms with van der Waals surface area (Å²) in [5.74, 6) is 0. The zero-order valence-corrected chi connectivity index (χ0v) is 20.0. The Morgan fingerprint density at radius 2 is 1.66 bits per heavy atom. The number of rotatable bonds is 5. The number of likely N-dealkylation sites (N-methyl/N-ethyl adjacent to an activating group) is 1. The van der Waals surface area contributed by atoms with E-state index < -0.39 is 10.5 Å². The van der Waals surface area contributed by atoms with E-state index in [2.05, 4.69) is 21.8 Å². The molecule has 1 aromatic heterocycles. The average Bonchev–Trinajstić information content (AvgIpc) is 2.89. The van der Waals surface area contributed by atoms with Crippen LogP contribution in [-0.2, 0) is 0 Å². The highest BCUT2D eigenvalue weighted by Crippen LogP contribution is 2.31. The first-order chi connectivity index (χ1) is 17.0. The van der Waals surface area contributed by atoms with Crippen LogP contribution in [-0.4, -0.2) is 52.3 Å². The van der Waals surface area contributed by atoms with Gasteiger partial charge < -0.3 is 9.80 Å². The number of benzene rings is 3. The van der Waals surface area contributed by atoms with Crippen molar-refractivity contribution in [1.29, 1.82) is 0 Å². The van der Waals surface area contributed by atoms with Gasteiger partial charge in [-0.3, -0.25) is 14.9 Å². The SMILES string of the molecule is CCN1CCN(c2ccc([N+](=O)[O-])c(-n3nc(-c4ccc(Cl)cc4)c4ccccc4c3=O)c2)CC1. The number of halogens is 1. The number of nitro groups is 1. The van der Waals surface area contributed by atoms with E-state index in [-0.39, 0.29) is 11.4 Å². The van der Waals surface area contributed by atoms with Gasteiger partial charge in [0.1, 0.15) is 5.69 Å². The Bertz CT molecular complexity index is 1460. The molecule has 2 heterocycles. The second kappa shape index (κ2) is 9.48. The Morgan fingerprint density at radius 1 is 0.971 bits per heavy atom. The van der Waals surface area contributed by atoms with E-state index in [1.165, 1.54) is 6.07 Å². The van der Waals surface area contributed by atoms with Crippen LogP contribution in [0.25, 0.3) is 27.7 Å². The van der Waals surface area contributed by atoms with Gasteiger partial charge in [-0.1, -0.05) is 48.9 Å². The Labute approximate surface area is 207 Å². The normalized spacial score (nSPS) is 14.4. The molecule has 0 N–H and O–H groups in total. The highest BCUT2D eigenvalue weighted by atomic mass is 35.5. The summed E-state index contributed by atoms with van der Waals surface area (Å²) < 4.78 is 1.16. The molecule has 0 unspecified atom stereocenters. The fourth-order valence-corrected chi connectivity index (χ4v) is 4.65. The van der Waals surface area contributed by atoms with E-state index in [1.54, 1.807) is 36.4 Å². The molecule has 4 aromatic rings. The smallest absolute Gasteiger partial charge is 0.295 e. The molecule has 35 heavy (non-hydrogen) atoms. The summed E-state index contributed by atoms with van der Waals surface area (Å²) in [5.41, 5.74) is 1.71. The molecular weight excluding hydrogens is 466 g/mol. The Balaban J connectivity index is 1.71. The van der Waals surface area contributed by atoms with Crippen molar-refractivity contribution in [2.24, 2.45) is 0 Å². The number of hydrogen-bond donors (Lipinski definition) is 0. The highest BCUT2D eigenvalue weighted by Gasteiger charge is 2.24. The number of nitro benzene ring substituents is 1. The molecule has 0 bridgehead atoms. The molecule has 5 rings (SSSR count).